The van der Waals surface area contributed by atoms with Gasteiger partial charge in [0.2, 0.25) is 10.0 Å². The highest BCUT2D eigenvalue weighted by Gasteiger charge is 2.15. The van der Waals surface area contributed by atoms with Crippen LogP contribution in [0.1, 0.15) is 32.1 Å². The van der Waals surface area contributed by atoms with Crippen molar-refractivity contribution >= 4 is 15.7 Å². The van der Waals surface area contributed by atoms with Crippen molar-refractivity contribution < 1.29 is 12.8 Å². The number of nitrogens with one attached hydrogen (secondary N) is 1. The van der Waals surface area contributed by atoms with Crippen molar-refractivity contribution in [2.75, 3.05) is 12.3 Å². The molecule has 0 saturated carbocycles. The molecule has 0 bridgehead atoms. The number of hydrogen-bond acceptors (Lipinski definition) is 3. The number of anilines is 1. The summed E-state index contributed by atoms with van der Waals surface area (Å²) in [6, 6.07) is 3.51. The van der Waals surface area contributed by atoms with E-state index < -0.39 is 15.8 Å². The van der Waals surface area contributed by atoms with E-state index in [-0.39, 0.29) is 10.6 Å². The lowest BCUT2D eigenvalue weighted by Gasteiger charge is -2.13. The lowest BCUT2D eigenvalue weighted by Crippen LogP contribution is -2.25. The maximum absolute atomic E-state index is 13.3. The minimum absolute atomic E-state index is 0.0590. The van der Waals surface area contributed by atoms with Crippen molar-refractivity contribution in [3.8, 4) is 0 Å². The van der Waals surface area contributed by atoms with Crippen LogP contribution in [0, 0.1) is 5.82 Å². The highest BCUT2D eigenvalue weighted by atomic mass is 32.2. The van der Waals surface area contributed by atoms with Crippen LogP contribution in [0.5, 0.6) is 0 Å². The van der Waals surface area contributed by atoms with Crippen LogP contribution in [0.15, 0.2) is 34.7 Å². The van der Waals surface area contributed by atoms with Crippen molar-refractivity contribution in [3.05, 3.63) is 35.7 Å². The van der Waals surface area contributed by atoms with Crippen molar-refractivity contribution in [1.29, 1.82) is 0 Å². The van der Waals surface area contributed by atoms with E-state index in [4.69, 9.17) is 5.73 Å². The molecule has 0 unspecified atom stereocenters. The van der Waals surface area contributed by atoms with Crippen molar-refractivity contribution in [2.45, 2.75) is 37.0 Å². The lowest BCUT2D eigenvalue weighted by molar-refractivity contribution is 0.576. The van der Waals surface area contributed by atoms with Gasteiger partial charge in [-0.25, -0.2) is 17.5 Å². The predicted octanol–water partition coefficient (Wildman–Crippen LogP) is 2.58. The standard InChI is InChI=1S/C14H19FN2O2S/c15-13-10-12(6-7-14(13)16)20(18,19)17-9-8-11-4-2-1-3-5-11/h4,6-7,10,17H,1-3,5,8-9,16H2. The number of sulfonamides is 1. The molecule has 2 rings (SSSR count). The van der Waals surface area contributed by atoms with Crippen LogP contribution in [0.3, 0.4) is 0 Å². The summed E-state index contributed by atoms with van der Waals surface area (Å²) in [5.74, 6) is -0.720. The first-order valence-corrected chi connectivity index (χ1v) is 8.20. The zero-order chi connectivity index (χ0) is 14.6. The van der Waals surface area contributed by atoms with Crippen LogP contribution < -0.4 is 10.5 Å². The fourth-order valence-corrected chi connectivity index (χ4v) is 3.28. The SMILES string of the molecule is Nc1ccc(S(=O)(=O)NCCC2=CCCCC2)cc1F. The molecule has 110 valence electrons. The Morgan fingerprint density at radius 2 is 2.10 bits per heavy atom. The highest BCUT2D eigenvalue weighted by molar-refractivity contribution is 7.89. The summed E-state index contributed by atoms with van der Waals surface area (Å²) in [4.78, 5) is -0.0955. The average molecular weight is 298 g/mol. The topological polar surface area (TPSA) is 72.2 Å². The summed E-state index contributed by atoms with van der Waals surface area (Å²) >= 11 is 0. The molecule has 0 radical (unpaired) electrons. The summed E-state index contributed by atoms with van der Waals surface area (Å²) in [5, 5.41) is 0. The second kappa shape index (κ2) is 6.37. The molecule has 6 heteroatoms. The summed E-state index contributed by atoms with van der Waals surface area (Å²) in [5.41, 5.74) is 6.57. The minimum Gasteiger partial charge on any atom is -0.396 e. The quantitative estimate of drug-likeness (QED) is 0.648. The fraction of sp³-hybridized carbons (Fsp3) is 0.429. The normalized spacial score (nSPS) is 15.9. The first-order valence-electron chi connectivity index (χ1n) is 6.71. The van der Waals surface area contributed by atoms with Crippen molar-refractivity contribution in [2.24, 2.45) is 0 Å². The zero-order valence-corrected chi connectivity index (χ0v) is 12.0. The molecule has 0 amide bonds. The third-order valence-corrected chi connectivity index (χ3v) is 4.86. The number of benzene rings is 1. The van der Waals surface area contributed by atoms with Gasteiger partial charge in [0, 0.05) is 6.54 Å². The summed E-state index contributed by atoms with van der Waals surface area (Å²) in [6.45, 7) is 0.333. The molecule has 20 heavy (non-hydrogen) atoms. The van der Waals surface area contributed by atoms with Crippen molar-refractivity contribution in [1.82, 2.24) is 4.72 Å². The van der Waals surface area contributed by atoms with E-state index in [9.17, 15) is 12.8 Å². The van der Waals surface area contributed by atoms with E-state index in [0.29, 0.717) is 13.0 Å². The van der Waals surface area contributed by atoms with E-state index in [0.717, 1.165) is 18.9 Å². The van der Waals surface area contributed by atoms with Gasteiger partial charge in [-0.15, -0.1) is 0 Å². The van der Waals surface area contributed by atoms with E-state index in [1.54, 1.807) is 0 Å². The van der Waals surface area contributed by atoms with E-state index in [1.165, 1.54) is 30.5 Å². The van der Waals surface area contributed by atoms with Crippen LogP contribution in [0.4, 0.5) is 10.1 Å². The van der Waals surface area contributed by atoms with Crippen LogP contribution in [-0.2, 0) is 10.0 Å². The van der Waals surface area contributed by atoms with E-state index in [1.807, 2.05) is 0 Å². The van der Waals surface area contributed by atoms with E-state index in [2.05, 4.69) is 10.8 Å². The molecule has 0 spiro atoms. The first-order chi connectivity index (χ1) is 9.49. The molecule has 1 aromatic carbocycles. The van der Waals surface area contributed by atoms with Crippen LogP contribution in [0.2, 0.25) is 0 Å². The maximum atomic E-state index is 13.3. The van der Waals surface area contributed by atoms with Crippen LogP contribution in [-0.4, -0.2) is 15.0 Å². The predicted molar refractivity (Wildman–Crippen MR) is 77.2 cm³/mol. The number of nitrogen functional groups attached to an aromatic ring is 1. The Labute approximate surface area is 118 Å². The Morgan fingerprint density at radius 3 is 2.75 bits per heavy atom. The van der Waals surface area contributed by atoms with Gasteiger partial charge in [0.05, 0.1) is 10.6 Å². The third-order valence-electron chi connectivity index (χ3n) is 3.41. The van der Waals surface area contributed by atoms with Gasteiger partial charge in [0.25, 0.3) is 0 Å². The average Bonchev–Trinajstić information content (AvgIpc) is 2.43. The third kappa shape index (κ3) is 3.80. The molecule has 0 atom stereocenters. The molecule has 0 aliphatic heterocycles. The highest BCUT2D eigenvalue weighted by Crippen LogP contribution is 2.20. The molecular weight excluding hydrogens is 279 g/mol. The summed E-state index contributed by atoms with van der Waals surface area (Å²) in [6.07, 6.45) is 7.38. The number of rotatable bonds is 5. The lowest BCUT2D eigenvalue weighted by atomic mass is 9.97. The van der Waals surface area contributed by atoms with Gasteiger partial charge < -0.3 is 5.73 Å². The smallest absolute Gasteiger partial charge is 0.240 e. The molecule has 4 nitrogen and oxygen atoms in total. The Kier molecular flexibility index (Phi) is 4.77. The van der Waals surface area contributed by atoms with Gasteiger partial charge in [-0.1, -0.05) is 11.6 Å². The number of allylic oxidation sites excluding steroid dienone is 1. The number of hydrogen-bond donors (Lipinski definition) is 2. The summed E-state index contributed by atoms with van der Waals surface area (Å²) < 4.78 is 39.8. The fourth-order valence-electron chi connectivity index (χ4n) is 2.24. The van der Waals surface area contributed by atoms with Gasteiger partial charge >= 0.3 is 0 Å². The van der Waals surface area contributed by atoms with Gasteiger partial charge in [-0.2, -0.15) is 0 Å². The Balaban J connectivity index is 1.96. The zero-order valence-electron chi connectivity index (χ0n) is 11.2. The Bertz CT molecular complexity index is 612. The monoisotopic (exact) mass is 298 g/mol. The molecule has 1 aliphatic rings. The molecule has 0 saturated heterocycles. The largest absolute Gasteiger partial charge is 0.396 e. The maximum Gasteiger partial charge on any atom is 0.240 e. The second-order valence-electron chi connectivity index (χ2n) is 4.94. The van der Waals surface area contributed by atoms with Crippen LogP contribution in [0.25, 0.3) is 0 Å². The van der Waals surface area contributed by atoms with Gasteiger partial charge in [0.15, 0.2) is 0 Å². The van der Waals surface area contributed by atoms with Gasteiger partial charge in [-0.3, -0.25) is 0 Å². The molecule has 3 N–H and O–H groups in total. The molecule has 0 fully saturated rings. The molecule has 0 aromatic heterocycles. The van der Waals surface area contributed by atoms with Gasteiger partial charge in [0.1, 0.15) is 5.82 Å². The number of halogens is 1. The first kappa shape index (κ1) is 15.0. The molecule has 0 heterocycles. The van der Waals surface area contributed by atoms with Crippen LogP contribution >= 0.6 is 0 Å². The summed E-state index contributed by atoms with van der Waals surface area (Å²) in [7, 11) is -3.67. The minimum atomic E-state index is -3.67. The van der Waals surface area contributed by atoms with E-state index >= 15 is 0 Å². The van der Waals surface area contributed by atoms with Crippen molar-refractivity contribution in [3.63, 3.8) is 0 Å². The second-order valence-corrected chi connectivity index (χ2v) is 6.71. The molecule has 1 aromatic rings. The Hall–Kier alpha value is -1.40. The Morgan fingerprint density at radius 1 is 1.30 bits per heavy atom. The number of nitrogens with two attached hydrogens (primary N) is 1. The molecule has 1 aliphatic carbocycles. The van der Waals surface area contributed by atoms with Gasteiger partial charge in [-0.05, 0) is 50.3 Å². The molecular formula is C14H19FN2O2S.